The van der Waals surface area contributed by atoms with Crippen LogP contribution in [0.2, 0.25) is 5.02 Å². The normalized spacial score (nSPS) is 19.4. The fourth-order valence-electron chi connectivity index (χ4n) is 3.39. The molecule has 3 aromatic rings. The molecule has 4 heterocycles. The number of amides is 1. The quantitative estimate of drug-likeness (QED) is 0.601. The molecule has 0 saturated carbocycles. The minimum Gasteiger partial charge on any atom is -0.345 e. The summed E-state index contributed by atoms with van der Waals surface area (Å²) >= 11 is 6.01. The minimum absolute atomic E-state index is 0. The Balaban J connectivity index is 0.00000272. The number of halogens is 5. The van der Waals surface area contributed by atoms with Gasteiger partial charge in [-0.2, -0.15) is 13.2 Å². The van der Waals surface area contributed by atoms with Gasteiger partial charge in [0.1, 0.15) is 30.2 Å². The monoisotopic (exact) mass is 444 g/mol. The van der Waals surface area contributed by atoms with Gasteiger partial charge in [-0.25, -0.2) is 19.3 Å². The first-order valence-corrected chi connectivity index (χ1v) is 9.30. The van der Waals surface area contributed by atoms with Gasteiger partial charge < -0.3 is 15.2 Å². The third kappa shape index (κ3) is 4.16. The maximum absolute atomic E-state index is 14.1. The molecule has 4 rings (SSSR count). The maximum atomic E-state index is 14.1. The van der Waals surface area contributed by atoms with Gasteiger partial charge in [0, 0.05) is 37.4 Å². The van der Waals surface area contributed by atoms with Crippen LogP contribution in [0, 0.1) is 0 Å². The fraction of sp³-hybridized carbons (Fsp3) is 0.333. The van der Waals surface area contributed by atoms with Crippen molar-refractivity contribution in [2.24, 2.45) is 0 Å². The van der Waals surface area contributed by atoms with E-state index >= 15 is 0 Å². The van der Waals surface area contributed by atoms with Crippen LogP contribution in [0.25, 0.3) is 22.4 Å². The first-order chi connectivity index (χ1) is 14.2. The number of aromatic amines is 1. The van der Waals surface area contributed by atoms with E-state index in [0.717, 1.165) is 0 Å². The topological polar surface area (TPSA) is 86.8 Å². The molecule has 1 aliphatic heterocycles. The molecule has 160 valence electrons. The van der Waals surface area contributed by atoms with Crippen molar-refractivity contribution in [3.63, 3.8) is 0 Å². The summed E-state index contributed by atoms with van der Waals surface area (Å²) in [5.41, 5.74) is 1.16. The number of H-pyrrole nitrogens is 1. The maximum Gasteiger partial charge on any atom is 0.405 e. The number of alkyl halides is 4. The molecule has 2 atom stereocenters. The highest BCUT2D eigenvalue weighted by Crippen LogP contribution is 2.30. The molecule has 0 spiro atoms. The van der Waals surface area contributed by atoms with Gasteiger partial charge in [-0.3, -0.25) is 4.79 Å². The number of nitrogens with zero attached hydrogens (tertiary/aromatic N) is 4. The molecular weight excluding hydrogens is 428 g/mol. The van der Waals surface area contributed by atoms with E-state index in [1.807, 2.05) is 5.32 Å². The Hall–Kier alpha value is -2.95. The third-order valence-electron chi connectivity index (χ3n) is 4.69. The van der Waals surface area contributed by atoms with Crippen molar-refractivity contribution in [3.05, 3.63) is 35.7 Å². The zero-order valence-corrected chi connectivity index (χ0v) is 16.0. The predicted molar refractivity (Wildman–Crippen MR) is 104 cm³/mol. The van der Waals surface area contributed by atoms with Crippen molar-refractivity contribution in [1.82, 2.24) is 25.3 Å². The first-order valence-electron chi connectivity index (χ1n) is 8.92. The number of carbonyl (C=O) groups is 1. The molecule has 30 heavy (non-hydrogen) atoms. The van der Waals surface area contributed by atoms with E-state index in [-0.39, 0.29) is 26.0 Å². The number of pyridine rings is 1. The number of rotatable bonds is 4. The molecule has 2 N–H and O–H groups in total. The van der Waals surface area contributed by atoms with Crippen molar-refractivity contribution in [3.8, 4) is 11.4 Å². The van der Waals surface area contributed by atoms with Crippen molar-refractivity contribution in [2.45, 2.75) is 24.8 Å². The number of nitrogens with one attached hydrogen (secondary N) is 2. The van der Waals surface area contributed by atoms with Gasteiger partial charge in [0.05, 0.1) is 11.6 Å². The Morgan fingerprint density at radius 2 is 2.20 bits per heavy atom. The van der Waals surface area contributed by atoms with Crippen LogP contribution in [0.1, 0.15) is 7.85 Å². The molecule has 0 unspecified atom stereocenters. The van der Waals surface area contributed by atoms with Gasteiger partial charge in [-0.05, 0) is 12.1 Å². The molecule has 0 aromatic carbocycles. The molecule has 0 bridgehead atoms. The summed E-state index contributed by atoms with van der Waals surface area (Å²) < 4.78 is 51.3. The Labute approximate surface area is 174 Å². The van der Waals surface area contributed by atoms with Crippen LogP contribution in [-0.4, -0.2) is 57.3 Å². The van der Waals surface area contributed by atoms with Crippen LogP contribution in [0.3, 0.4) is 0 Å². The standard InChI is InChI=1S/C18H15ClF4N6O.H2/c19-9-3-11-12(6-26-15(11)25-5-9)16-24-2-1-14(28-16)29-7-10(20)4-13(29)17(30)27-8-18(21,22)23;/h1-3,5-6,10,13H,4,7-8H2,(H,25,26)(H,27,30);1H/t10-,13-;/m1./s1. The van der Waals surface area contributed by atoms with Crippen LogP contribution < -0.4 is 10.2 Å². The lowest BCUT2D eigenvalue weighted by atomic mass is 10.2. The van der Waals surface area contributed by atoms with E-state index in [1.165, 1.54) is 23.4 Å². The summed E-state index contributed by atoms with van der Waals surface area (Å²) in [5.74, 6) is -0.396. The molecule has 3 aromatic heterocycles. The zero-order chi connectivity index (χ0) is 21.5. The largest absolute Gasteiger partial charge is 0.405 e. The molecule has 12 heteroatoms. The number of anilines is 1. The molecule has 0 radical (unpaired) electrons. The lowest BCUT2D eigenvalue weighted by molar-refractivity contribution is -0.139. The smallest absolute Gasteiger partial charge is 0.345 e. The van der Waals surface area contributed by atoms with Crippen molar-refractivity contribution < 1.29 is 23.8 Å². The highest BCUT2D eigenvalue weighted by Gasteiger charge is 2.39. The van der Waals surface area contributed by atoms with Gasteiger partial charge in [-0.15, -0.1) is 0 Å². The first kappa shape index (κ1) is 20.3. The van der Waals surface area contributed by atoms with Gasteiger partial charge >= 0.3 is 6.18 Å². The highest BCUT2D eigenvalue weighted by molar-refractivity contribution is 6.31. The van der Waals surface area contributed by atoms with Crippen LogP contribution in [-0.2, 0) is 4.79 Å². The average Bonchev–Trinajstić information content (AvgIpc) is 3.29. The van der Waals surface area contributed by atoms with E-state index in [9.17, 15) is 22.4 Å². The van der Waals surface area contributed by atoms with Crippen LogP contribution >= 0.6 is 11.6 Å². The van der Waals surface area contributed by atoms with Gasteiger partial charge in [0.2, 0.25) is 5.91 Å². The molecule has 1 saturated heterocycles. The summed E-state index contributed by atoms with van der Waals surface area (Å²) in [6.07, 6.45) is -1.60. The number of aromatic nitrogens is 4. The Kier molecular flexibility index (Phi) is 5.22. The second-order valence-electron chi connectivity index (χ2n) is 6.82. The number of hydrogen-bond acceptors (Lipinski definition) is 5. The zero-order valence-electron chi connectivity index (χ0n) is 15.2. The van der Waals surface area contributed by atoms with Crippen LogP contribution in [0.5, 0.6) is 0 Å². The van der Waals surface area contributed by atoms with E-state index in [2.05, 4.69) is 19.9 Å². The van der Waals surface area contributed by atoms with Crippen molar-refractivity contribution in [1.29, 1.82) is 0 Å². The highest BCUT2D eigenvalue weighted by atomic mass is 35.5. The van der Waals surface area contributed by atoms with Gasteiger partial charge in [0.25, 0.3) is 0 Å². The molecule has 7 nitrogen and oxygen atoms in total. The van der Waals surface area contributed by atoms with E-state index in [0.29, 0.717) is 21.6 Å². The van der Waals surface area contributed by atoms with Crippen molar-refractivity contribution in [2.75, 3.05) is 18.0 Å². The summed E-state index contributed by atoms with van der Waals surface area (Å²) in [6, 6.07) is 2.06. The lowest BCUT2D eigenvalue weighted by Gasteiger charge is -2.24. The van der Waals surface area contributed by atoms with E-state index in [4.69, 9.17) is 11.6 Å². The van der Waals surface area contributed by atoms with Gasteiger partial charge in [-0.1, -0.05) is 11.6 Å². The molecular formula is C18H17ClF4N6O. The SMILES string of the molecule is O=C(NCC(F)(F)F)[C@H]1C[C@@H](F)CN1c1ccnc(-c2c[nH]c3ncc(Cl)cc23)n1.[HH]. The van der Waals surface area contributed by atoms with Crippen LogP contribution in [0.4, 0.5) is 23.4 Å². The minimum atomic E-state index is -4.55. The molecule has 1 amide bonds. The Morgan fingerprint density at radius 3 is 2.97 bits per heavy atom. The molecule has 1 fully saturated rings. The predicted octanol–water partition coefficient (Wildman–Crippen LogP) is 3.51. The number of fused-ring (bicyclic) bond motifs is 1. The summed E-state index contributed by atoms with van der Waals surface area (Å²) in [7, 11) is 0. The summed E-state index contributed by atoms with van der Waals surface area (Å²) in [5, 5.41) is 2.90. The number of carbonyl (C=O) groups excluding carboxylic acids is 1. The summed E-state index contributed by atoms with van der Waals surface area (Å²) in [6.45, 7) is -1.65. The third-order valence-corrected chi connectivity index (χ3v) is 4.90. The Morgan fingerprint density at radius 1 is 1.40 bits per heavy atom. The second-order valence-corrected chi connectivity index (χ2v) is 7.26. The van der Waals surface area contributed by atoms with E-state index < -0.39 is 30.8 Å². The lowest BCUT2D eigenvalue weighted by Crippen LogP contribution is -2.46. The average molecular weight is 445 g/mol. The fourth-order valence-corrected chi connectivity index (χ4v) is 3.55. The van der Waals surface area contributed by atoms with Crippen LogP contribution in [0.15, 0.2) is 30.7 Å². The Bertz CT molecular complexity index is 1090. The number of hydrogen-bond donors (Lipinski definition) is 2. The second kappa shape index (κ2) is 7.71. The van der Waals surface area contributed by atoms with Crippen molar-refractivity contribution >= 4 is 34.4 Å². The van der Waals surface area contributed by atoms with Gasteiger partial charge in [0.15, 0.2) is 5.82 Å². The van der Waals surface area contributed by atoms with E-state index in [1.54, 1.807) is 12.3 Å². The molecule has 0 aliphatic carbocycles. The molecule has 1 aliphatic rings. The summed E-state index contributed by atoms with van der Waals surface area (Å²) in [4.78, 5) is 29.4.